The lowest BCUT2D eigenvalue weighted by Gasteiger charge is -2.14. The van der Waals surface area contributed by atoms with Gasteiger partial charge < -0.3 is 9.84 Å². The molecule has 1 aliphatic carbocycles. The van der Waals surface area contributed by atoms with Gasteiger partial charge in [0, 0.05) is 13.2 Å². The zero-order valence-corrected chi connectivity index (χ0v) is 8.87. The Morgan fingerprint density at radius 3 is 2.93 bits per heavy atom. The van der Waals surface area contributed by atoms with Crippen LogP contribution >= 0.6 is 0 Å². The summed E-state index contributed by atoms with van der Waals surface area (Å²) in [5.74, 6) is -0.298. The molecule has 0 aromatic rings. The van der Waals surface area contributed by atoms with Crippen LogP contribution in [0.2, 0.25) is 0 Å². The van der Waals surface area contributed by atoms with Crippen LogP contribution in [0.15, 0.2) is 0 Å². The third kappa shape index (κ3) is 3.29. The molecule has 0 amide bonds. The van der Waals surface area contributed by atoms with Crippen LogP contribution in [0, 0.1) is 11.8 Å². The molecule has 0 heterocycles. The molecule has 2 atom stereocenters. The van der Waals surface area contributed by atoms with Gasteiger partial charge in [0.05, 0.1) is 5.92 Å². The van der Waals surface area contributed by atoms with Gasteiger partial charge in [-0.2, -0.15) is 0 Å². The lowest BCUT2D eigenvalue weighted by atomic mass is 9.92. The van der Waals surface area contributed by atoms with Gasteiger partial charge in [0.15, 0.2) is 0 Å². The van der Waals surface area contributed by atoms with E-state index in [9.17, 15) is 4.79 Å². The summed E-state index contributed by atoms with van der Waals surface area (Å²) < 4.78 is 5.24. The first-order valence-electron chi connectivity index (χ1n) is 5.56. The van der Waals surface area contributed by atoms with Crippen LogP contribution in [0.4, 0.5) is 0 Å². The van der Waals surface area contributed by atoms with Gasteiger partial charge in [0.2, 0.25) is 0 Å². The Labute approximate surface area is 85.5 Å². The van der Waals surface area contributed by atoms with Crippen LogP contribution < -0.4 is 0 Å². The number of carboxylic acid groups (broad SMARTS) is 1. The van der Waals surface area contributed by atoms with Crippen LogP contribution in [-0.4, -0.2) is 24.3 Å². The SMILES string of the molecule is CCOCCCC1CCCC1C(=O)O. The lowest BCUT2D eigenvalue weighted by molar-refractivity contribution is -0.143. The molecular weight excluding hydrogens is 180 g/mol. The molecule has 0 radical (unpaired) electrons. The molecule has 14 heavy (non-hydrogen) atoms. The van der Waals surface area contributed by atoms with E-state index in [1.807, 2.05) is 6.92 Å². The molecule has 0 aromatic heterocycles. The van der Waals surface area contributed by atoms with Crippen molar-refractivity contribution < 1.29 is 14.6 Å². The fourth-order valence-corrected chi connectivity index (χ4v) is 2.30. The Morgan fingerprint density at radius 1 is 1.50 bits per heavy atom. The van der Waals surface area contributed by atoms with E-state index in [4.69, 9.17) is 9.84 Å². The number of rotatable bonds is 6. The van der Waals surface area contributed by atoms with Crippen LogP contribution in [0.3, 0.4) is 0 Å². The average Bonchev–Trinajstić information content (AvgIpc) is 2.60. The summed E-state index contributed by atoms with van der Waals surface area (Å²) in [4.78, 5) is 10.9. The van der Waals surface area contributed by atoms with Crippen molar-refractivity contribution in [3.63, 3.8) is 0 Å². The van der Waals surface area contributed by atoms with Gasteiger partial charge in [0.25, 0.3) is 0 Å². The number of hydrogen-bond acceptors (Lipinski definition) is 2. The van der Waals surface area contributed by atoms with Crippen molar-refractivity contribution in [2.45, 2.75) is 39.0 Å². The third-order valence-corrected chi connectivity index (χ3v) is 3.04. The average molecular weight is 200 g/mol. The van der Waals surface area contributed by atoms with E-state index in [2.05, 4.69) is 0 Å². The Balaban J connectivity index is 2.19. The molecule has 0 saturated heterocycles. The lowest BCUT2D eigenvalue weighted by Crippen LogP contribution is -2.18. The summed E-state index contributed by atoms with van der Waals surface area (Å²) in [7, 11) is 0. The van der Waals surface area contributed by atoms with Gasteiger partial charge in [-0.25, -0.2) is 0 Å². The Kier molecular flexibility index (Phi) is 4.94. The summed E-state index contributed by atoms with van der Waals surface area (Å²) >= 11 is 0. The second-order valence-corrected chi connectivity index (χ2v) is 3.97. The molecular formula is C11H20O3. The van der Waals surface area contributed by atoms with Crippen molar-refractivity contribution in [3.8, 4) is 0 Å². The quantitative estimate of drug-likeness (QED) is 0.669. The second-order valence-electron chi connectivity index (χ2n) is 3.97. The van der Waals surface area contributed by atoms with Gasteiger partial charge in [-0.05, 0) is 38.5 Å². The van der Waals surface area contributed by atoms with Crippen molar-refractivity contribution >= 4 is 5.97 Å². The largest absolute Gasteiger partial charge is 0.481 e. The molecule has 0 spiro atoms. The van der Waals surface area contributed by atoms with E-state index in [1.54, 1.807) is 0 Å². The normalized spacial score (nSPS) is 26.6. The number of ether oxygens (including phenoxy) is 1. The van der Waals surface area contributed by atoms with Crippen molar-refractivity contribution in [3.05, 3.63) is 0 Å². The fraction of sp³-hybridized carbons (Fsp3) is 0.909. The molecule has 3 heteroatoms. The highest BCUT2D eigenvalue weighted by molar-refractivity contribution is 5.70. The molecule has 0 bridgehead atoms. The second kappa shape index (κ2) is 6.02. The van der Waals surface area contributed by atoms with E-state index in [0.717, 1.165) is 45.3 Å². The zero-order chi connectivity index (χ0) is 10.4. The molecule has 0 aromatic carbocycles. The monoisotopic (exact) mass is 200 g/mol. The molecule has 1 N–H and O–H groups in total. The first-order chi connectivity index (χ1) is 6.75. The highest BCUT2D eigenvalue weighted by Gasteiger charge is 2.31. The molecule has 3 nitrogen and oxygen atoms in total. The van der Waals surface area contributed by atoms with Gasteiger partial charge in [-0.1, -0.05) is 6.42 Å². The minimum atomic E-state index is -0.607. The van der Waals surface area contributed by atoms with Gasteiger partial charge in [-0.15, -0.1) is 0 Å². The van der Waals surface area contributed by atoms with E-state index < -0.39 is 5.97 Å². The maximum Gasteiger partial charge on any atom is 0.306 e. The van der Waals surface area contributed by atoms with Crippen molar-refractivity contribution in [1.82, 2.24) is 0 Å². The highest BCUT2D eigenvalue weighted by Crippen LogP contribution is 2.34. The fourth-order valence-electron chi connectivity index (χ4n) is 2.30. The first-order valence-corrected chi connectivity index (χ1v) is 5.56. The Hall–Kier alpha value is -0.570. The van der Waals surface area contributed by atoms with Gasteiger partial charge >= 0.3 is 5.97 Å². The minimum absolute atomic E-state index is 0.0865. The molecule has 1 saturated carbocycles. The maximum atomic E-state index is 10.9. The predicted molar refractivity (Wildman–Crippen MR) is 54.2 cm³/mol. The summed E-state index contributed by atoms with van der Waals surface area (Å²) in [5.41, 5.74) is 0. The van der Waals surface area contributed by atoms with E-state index >= 15 is 0 Å². The predicted octanol–water partition coefficient (Wildman–Crippen LogP) is 2.30. The van der Waals surface area contributed by atoms with E-state index in [0.29, 0.717) is 5.92 Å². The number of aliphatic carboxylic acids is 1. The van der Waals surface area contributed by atoms with Gasteiger partial charge in [0.1, 0.15) is 0 Å². The van der Waals surface area contributed by atoms with Crippen LogP contribution in [0.1, 0.15) is 39.0 Å². The Morgan fingerprint density at radius 2 is 2.29 bits per heavy atom. The number of carbonyl (C=O) groups is 1. The number of carboxylic acids is 1. The van der Waals surface area contributed by atoms with Crippen LogP contribution in [0.25, 0.3) is 0 Å². The smallest absolute Gasteiger partial charge is 0.306 e. The first kappa shape index (κ1) is 11.5. The number of hydrogen-bond donors (Lipinski definition) is 1. The maximum absolute atomic E-state index is 10.9. The highest BCUT2D eigenvalue weighted by atomic mass is 16.5. The topological polar surface area (TPSA) is 46.5 Å². The summed E-state index contributed by atoms with van der Waals surface area (Å²) in [5, 5.41) is 8.96. The summed E-state index contributed by atoms with van der Waals surface area (Å²) in [6, 6.07) is 0. The molecule has 0 aliphatic heterocycles. The molecule has 82 valence electrons. The molecule has 1 aliphatic rings. The van der Waals surface area contributed by atoms with Crippen LogP contribution in [-0.2, 0) is 9.53 Å². The summed E-state index contributed by atoms with van der Waals surface area (Å²) in [6.07, 6.45) is 5.05. The summed E-state index contributed by atoms with van der Waals surface area (Å²) in [6.45, 7) is 3.52. The zero-order valence-electron chi connectivity index (χ0n) is 8.87. The van der Waals surface area contributed by atoms with Crippen molar-refractivity contribution in [1.29, 1.82) is 0 Å². The van der Waals surface area contributed by atoms with Gasteiger partial charge in [-0.3, -0.25) is 4.79 Å². The van der Waals surface area contributed by atoms with Crippen molar-refractivity contribution in [2.24, 2.45) is 11.8 Å². The Bertz CT molecular complexity index is 179. The molecule has 1 fully saturated rings. The third-order valence-electron chi connectivity index (χ3n) is 3.04. The van der Waals surface area contributed by atoms with Crippen LogP contribution in [0.5, 0.6) is 0 Å². The van der Waals surface area contributed by atoms with E-state index in [1.165, 1.54) is 0 Å². The van der Waals surface area contributed by atoms with Crippen molar-refractivity contribution in [2.75, 3.05) is 13.2 Å². The van der Waals surface area contributed by atoms with E-state index in [-0.39, 0.29) is 5.92 Å². The standard InChI is InChI=1S/C11H20O3/c1-2-14-8-4-6-9-5-3-7-10(9)11(12)13/h9-10H,2-8H2,1H3,(H,12,13). The minimum Gasteiger partial charge on any atom is -0.481 e. The molecule has 1 rings (SSSR count). The molecule has 2 unspecified atom stereocenters.